The van der Waals surface area contributed by atoms with E-state index in [0.29, 0.717) is 91.1 Å². The highest BCUT2D eigenvalue weighted by Crippen LogP contribution is 2.49. The first-order valence-corrected chi connectivity index (χ1v) is 43.9. The van der Waals surface area contributed by atoms with Gasteiger partial charge in [-0.25, -0.2) is 19.6 Å². The van der Waals surface area contributed by atoms with Crippen LogP contribution in [0.25, 0.3) is 33.2 Å². The Morgan fingerprint density at radius 3 is 2.13 bits per heavy atom. The van der Waals surface area contributed by atoms with Crippen LogP contribution in [0, 0.1) is 19.8 Å². The lowest BCUT2D eigenvalue weighted by molar-refractivity contribution is -0.271. The van der Waals surface area contributed by atoms with E-state index in [4.69, 9.17) is 34.6 Å². The number of nitrogen functional groups attached to an aromatic ring is 1. The van der Waals surface area contributed by atoms with Crippen LogP contribution in [-0.2, 0) is 77.5 Å². The van der Waals surface area contributed by atoms with Crippen LogP contribution < -0.4 is 53.2 Å². The molecule has 40 heteroatoms. The van der Waals surface area contributed by atoms with E-state index >= 15 is 0 Å². The van der Waals surface area contributed by atoms with Crippen molar-refractivity contribution in [3.63, 3.8) is 0 Å². The second-order valence-corrected chi connectivity index (χ2v) is 35.4. The Kier molecular flexibility index (Phi) is 30.9. The van der Waals surface area contributed by atoms with E-state index in [2.05, 4.69) is 81.0 Å². The number of ether oxygens (including phenoxy) is 4. The molecule has 8 bridgehead atoms. The maximum atomic E-state index is 14.7. The topological polar surface area (TPSA) is 599 Å². The number of ketones is 3. The summed E-state index contributed by atoms with van der Waals surface area (Å²) in [4.78, 5) is 194. The first kappa shape index (κ1) is 96.1. The summed E-state index contributed by atoms with van der Waals surface area (Å²) < 4.78 is 54.3. The molecular weight excluding hydrogens is 1680 g/mol. The molecule has 6 unspecified atom stereocenters. The fourth-order valence-electron chi connectivity index (χ4n) is 16.4. The van der Waals surface area contributed by atoms with Crippen LogP contribution >= 0.6 is 0 Å². The average Bonchev–Trinajstić information content (AvgIpc) is 1.56. The predicted octanol–water partition coefficient (Wildman–Crippen LogP) is 6.16. The molecule has 686 valence electrons. The number of aliphatic hydroxyl groups excluding tert-OH is 3. The van der Waals surface area contributed by atoms with Gasteiger partial charge in [-0.3, -0.25) is 67.5 Å². The van der Waals surface area contributed by atoms with Gasteiger partial charge in [0, 0.05) is 142 Å². The van der Waals surface area contributed by atoms with Gasteiger partial charge in [-0.1, -0.05) is 33.8 Å². The minimum atomic E-state index is -4.50. The van der Waals surface area contributed by atoms with Crippen molar-refractivity contribution in [2.75, 3.05) is 37.0 Å². The Morgan fingerprint density at radius 1 is 0.750 bits per heavy atom. The fraction of sp³-hybridized carbons (Fsp3) is 0.489. The molecule has 11 rings (SSSR count). The minimum absolute atomic E-state index is 0.00177. The number of aliphatic carboxylic acids is 1. The van der Waals surface area contributed by atoms with Gasteiger partial charge in [0.05, 0.1) is 54.4 Å². The maximum Gasteiger partial charge on any atom is 0.407 e. The number of carboxylic acids is 1. The number of H-pyrrole nitrogens is 3. The van der Waals surface area contributed by atoms with Gasteiger partial charge in [-0.2, -0.15) is 13.4 Å². The number of aliphatic hydroxyl groups is 3. The van der Waals surface area contributed by atoms with Crippen molar-refractivity contribution >= 4 is 120 Å². The van der Waals surface area contributed by atoms with Crippen LogP contribution in [0.4, 0.5) is 16.4 Å². The van der Waals surface area contributed by atoms with E-state index in [1.165, 1.54) is 38.4 Å². The van der Waals surface area contributed by atoms with Crippen LogP contribution in [0.15, 0.2) is 71.7 Å². The monoisotopic (exact) mass is 1790 g/mol. The van der Waals surface area contributed by atoms with Crippen molar-refractivity contribution in [2.24, 2.45) is 5.92 Å². The van der Waals surface area contributed by atoms with Gasteiger partial charge in [0.2, 0.25) is 35.9 Å². The lowest BCUT2D eigenvalue weighted by Gasteiger charge is -2.38. The van der Waals surface area contributed by atoms with Crippen LogP contribution in [0.2, 0.25) is 0 Å². The second-order valence-electron chi connectivity index (χ2n) is 33.9. The lowest BCUT2D eigenvalue weighted by atomic mass is 9.83. The van der Waals surface area contributed by atoms with Gasteiger partial charge in [0.25, 0.3) is 21.6 Å². The summed E-state index contributed by atoms with van der Waals surface area (Å²) in [6.07, 6.45) is -9.20. The third-order valence-corrected chi connectivity index (χ3v) is 24.6. The van der Waals surface area contributed by atoms with Gasteiger partial charge >= 0.3 is 18.0 Å². The van der Waals surface area contributed by atoms with Crippen molar-refractivity contribution in [1.82, 2.24) is 71.8 Å². The molecule has 0 saturated carbocycles. The lowest BCUT2D eigenvalue weighted by Crippen LogP contribution is -2.61. The molecule has 3 aliphatic heterocycles. The number of carbonyl (C=O) groups is 11. The summed E-state index contributed by atoms with van der Waals surface area (Å²) >= 11 is 0. The molecule has 0 spiro atoms. The first-order valence-electron chi connectivity index (χ1n) is 42.3. The van der Waals surface area contributed by atoms with Crippen molar-refractivity contribution in [3.05, 3.63) is 150 Å². The fourth-order valence-corrected chi connectivity index (χ4v) is 16.7. The number of anilines is 2. The van der Waals surface area contributed by atoms with Gasteiger partial charge in [0.15, 0.2) is 28.8 Å². The number of benzene rings is 2. The Morgan fingerprint density at radius 2 is 1.44 bits per heavy atom. The van der Waals surface area contributed by atoms with E-state index in [0.717, 1.165) is 17.8 Å². The Bertz CT molecular complexity index is 5820. The van der Waals surface area contributed by atoms with Crippen molar-refractivity contribution in [1.29, 1.82) is 0 Å². The standard InChI is InChI=1S/C88H110N16O23S/c1-13-54-42(4)56-35-61-67(47(9)105)44(6)58(98-61)33-57-43(5)55(71(100-57)69-70(84(119)124-12)74(110)68-45(7)59(101-72(68)69)34-60(54)97-56)22-25-64(107)95-46(8)40(2)26-27-88(10,11)104-87(120)125-39-48-17-23-63(126-85-77(113)75(111)76(112)78(127-85)83(117)118)50(31-48)32-53(106)15-14-28-91-81(115)62(36-66(109)90-29-30-128(121,122)123)99-65(108)24-16-41(3)94-80(114)49-18-20-51(21-19-49)92-37-52-38-93-79-73(96-52)82(116)103-86(89)102-79/h17-21,23,31,33-35,38,40-43,46,54-55,62,70,75-78,85,92,98,101,111-113H,13-16,22,24-30,32,36-37,39H2,1-12H3,(H,90,109)(H,91,115)(H,94,114)(H,95,107)(H,99,108)(H,104,120)(H,117,118)(H,121,122,123)(H3,89,93,102,103,116)/t40?,41-,42-,43+,46?,54-,55+,62+,70?,75?,76-,77+,78?,85?/m1/s1. The average molecular weight is 1790 g/mol. The third kappa shape index (κ3) is 23.3. The molecule has 17 N–H and O–H groups in total. The number of alkyl carbamates (subject to hydrolysis) is 1. The smallest absolute Gasteiger partial charge is 0.407 e. The number of rotatable bonds is 38. The number of nitrogens with zero attached hydrogens (tertiary/aromatic N) is 5. The molecule has 6 amide bonds. The molecule has 8 heterocycles. The highest BCUT2D eigenvalue weighted by molar-refractivity contribution is 7.85. The molecule has 128 heavy (non-hydrogen) atoms. The van der Waals surface area contributed by atoms with Gasteiger partial charge in [0.1, 0.15) is 48.4 Å². The number of esters is 1. The molecule has 1 aliphatic carbocycles. The number of aromatic amines is 3. The number of amides is 6. The minimum Gasteiger partial charge on any atom is -0.479 e. The van der Waals surface area contributed by atoms with Crippen LogP contribution in [-0.4, -0.2) is 219 Å². The van der Waals surface area contributed by atoms with Crippen LogP contribution in [0.5, 0.6) is 5.75 Å². The number of nitrogens with two attached hydrogens (primary N) is 1. The summed E-state index contributed by atoms with van der Waals surface area (Å²) in [5.74, 6) is -10.2. The van der Waals surface area contributed by atoms with Crippen LogP contribution in [0.3, 0.4) is 0 Å². The SMILES string of the molecule is CC[C@H]1c2cc3[nH]c4c(c3C)C(=O)C(C(=O)OC)c4c3nc(cc4[nH]c(cc(n2)[C@@H]1C)c(C(C)=O)c4C)[C@@H](C)[C@@H]3CCC(=O)NC(C)C(C)CCC(C)(C)NC(=O)OCc1ccc(OC2OC(C(=O)O)[C@H](O)C(O)[C@@H]2O)c(CC(=O)CCCNC(=O)[C@H](CC(=O)NCCS(=O)(=O)O)NC(=O)CC[C@@H](C)NC(=O)c2ccc(NCc3cnc4nc(N)[nH]c(=O)c4n3)cc2)c1. The summed E-state index contributed by atoms with van der Waals surface area (Å²) in [6, 6.07) is 13.8. The molecule has 39 nitrogen and oxygen atoms in total. The molecular formula is C88H110N16O23S. The Balaban J connectivity index is 0.690. The molecule has 7 aromatic rings. The Labute approximate surface area is 736 Å². The van der Waals surface area contributed by atoms with E-state index in [1.54, 1.807) is 45.0 Å². The quantitative estimate of drug-likeness (QED) is 0.00677. The third-order valence-electron chi connectivity index (χ3n) is 23.9. The van der Waals surface area contributed by atoms with E-state index in [-0.39, 0.29) is 134 Å². The van der Waals surface area contributed by atoms with Crippen molar-refractivity contribution in [2.45, 2.75) is 244 Å². The molecule has 14 atom stereocenters. The van der Waals surface area contributed by atoms with E-state index in [9.17, 15) is 90.9 Å². The largest absolute Gasteiger partial charge is 0.479 e. The summed E-state index contributed by atoms with van der Waals surface area (Å²) in [7, 11) is -3.27. The van der Waals surface area contributed by atoms with Gasteiger partial charge in [-0.05, 0) is 164 Å². The number of hydrogen-bond acceptors (Lipinski definition) is 28. The van der Waals surface area contributed by atoms with E-state index < -0.39 is 154 Å². The number of carboxylic acid groups (broad SMARTS) is 1. The Hall–Kier alpha value is -12.5. The number of aryl methyl sites for hydroxylation is 2. The number of carbonyl (C=O) groups excluding carboxylic acids is 10. The summed E-state index contributed by atoms with van der Waals surface area (Å²) in [6.45, 7) is 19.5. The second kappa shape index (κ2) is 41.1. The number of aromatic nitrogens is 8. The molecule has 0 radical (unpaired) electrons. The molecule has 2 aromatic carbocycles. The highest BCUT2D eigenvalue weighted by Gasteiger charge is 2.49. The number of hydrogen-bond donors (Lipinski definition) is 16. The van der Waals surface area contributed by atoms with Crippen LogP contribution in [0.1, 0.15) is 243 Å². The van der Waals surface area contributed by atoms with E-state index in [1.807, 2.05) is 52.8 Å². The number of Topliss-reactive ketones (excluding diaryl/α,β-unsaturated/α-hetero) is 3. The normalized spacial score (nSPS) is 19.9. The van der Waals surface area contributed by atoms with Crippen molar-refractivity contribution < 1.29 is 105 Å². The van der Waals surface area contributed by atoms with Crippen molar-refractivity contribution in [3.8, 4) is 5.75 Å². The zero-order valence-corrected chi connectivity index (χ0v) is 73.9. The summed E-state index contributed by atoms with van der Waals surface area (Å²) in [5.41, 5.74) is 13.6. The maximum absolute atomic E-state index is 14.7. The molecule has 1 fully saturated rings. The number of methoxy groups -OCH3 is 1. The molecule has 4 aliphatic rings. The van der Waals surface area contributed by atoms with Gasteiger partial charge in [-0.15, -0.1) is 0 Å². The molecule has 5 aromatic heterocycles. The number of fused-ring (bicyclic) bond motifs is 9. The zero-order valence-electron chi connectivity index (χ0n) is 73.1. The van der Waals surface area contributed by atoms with Gasteiger partial charge < -0.3 is 92.3 Å². The highest BCUT2D eigenvalue weighted by atomic mass is 32.2. The molecule has 1 saturated heterocycles. The zero-order chi connectivity index (χ0) is 93.2. The summed E-state index contributed by atoms with van der Waals surface area (Å²) in [5, 5.41) is 61.0. The predicted molar refractivity (Wildman–Crippen MR) is 465 cm³/mol. The number of nitrogens with one attached hydrogen (secondary N) is 10. The first-order chi connectivity index (χ1) is 60.5.